The van der Waals surface area contributed by atoms with Crippen LogP contribution < -0.4 is 15.5 Å². The molecule has 5 N–H and O–H groups in total. The summed E-state index contributed by atoms with van der Waals surface area (Å²) in [6.45, 7) is 1.48. The fourth-order valence-electron chi connectivity index (χ4n) is 5.17. The van der Waals surface area contributed by atoms with Gasteiger partial charge in [0.1, 0.15) is 5.69 Å². The van der Waals surface area contributed by atoms with Crippen LogP contribution in [-0.4, -0.2) is 91.3 Å². The highest BCUT2D eigenvalue weighted by Gasteiger charge is 2.20. The molecular weight excluding hydrogens is 820 g/mol. The first kappa shape index (κ1) is 40.6. The molecule has 0 unspecified atom stereocenters. The minimum Gasteiger partial charge on any atom is -0.505 e. The number of fused-ring (bicyclic) bond motifs is 1. The lowest BCUT2D eigenvalue weighted by Crippen LogP contribution is -2.37. The van der Waals surface area contributed by atoms with Crippen molar-refractivity contribution in [1.29, 1.82) is 0 Å². The van der Waals surface area contributed by atoms with Crippen molar-refractivity contribution in [3.63, 3.8) is 0 Å². The van der Waals surface area contributed by atoms with Crippen molar-refractivity contribution in [3.05, 3.63) is 83.6 Å². The molecule has 0 spiro atoms. The fourth-order valence-corrected chi connectivity index (χ4v) is 7.31. The maximum atomic E-state index is 12.9. The number of aromatic nitrogens is 3. The number of aromatic hydroxyl groups is 1. The number of amides is 1. The molecule has 24 heteroatoms. The monoisotopic (exact) mass is 848 g/mol. The smallest absolute Gasteiger partial charge is 0.397 e. The van der Waals surface area contributed by atoms with Crippen molar-refractivity contribution in [3.8, 4) is 5.75 Å². The van der Waals surface area contributed by atoms with Gasteiger partial charge >= 0.3 is 10.4 Å². The molecular formula is C32H29ClN8O12S3. The molecule has 1 fully saturated rings. The number of rotatable bonds is 15. The molecule has 1 saturated heterocycles. The van der Waals surface area contributed by atoms with Crippen molar-refractivity contribution < 1.29 is 54.8 Å². The molecule has 1 amide bonds. The Kier molecular flexibility index (Phi) is 12.9. The normalized spacial score (nSPS) is 13.7. The summed E-state index contributed by atoms with van der Waals surface area (Å²) in [5, 5.41) is 38.9. The first-order chi connectivity index (χ1) is 26.8. The molecule has 0 aliphatic carbocycles. The standard InChI is InChI=1S/C32H29ClN8O12S3/c33-30-36-31(38-32(37-30)41-11-13-50-14-12-41)35-23-7-10-25-20(17-23)18-26(54-53-52-44)27(28(25)42)40-39-22-3-1-19(2-4-22)29(43)34-21-5-8-24(9-6-21)55(45,46)16-15-51-56(47,48)49/h1-10,17-18,42,44H,11-16H2,(H,34,43)(H,47,48,49)(H,35,36,37,38). The third-order valence-corrected chi connectivity index (χ3v) is 10.7. The van der Waals surface area contributed by atoms with E-state index in [1.54, 1.807) is 24.3 Å². The van der Waals surface area contributed by atoms with Crippen LogP contribution in [0.25, 0.3) is 10.8 Å². The van der Waals surface area contributed by atoms with Gasteiger partial charge in [0, 0.05) is 35.4 Å². The Hall–Kier alpha value is -5.08. The maximum absolute atomic E-state index is 12.9. The van der Waals surface area contributed by atoms with Crippen LogP contribution in [0.3, 0.4) is 0 Å². The van der Waals surface area contributed by atoms with Gasteiger partial charge in [0.2, 0.25) is 17.2 Å². The van der Waals surface area contributed by atoms with Gasteiger partial charge in [-0.3, -0.25) is 9.35 Å². The molecule has 1 aromatic heterocycles. The SMILES string of the molecule is O=C(Nc1ccc(S(=O)(=O)CCOS(=O)(=O)O)cc1)c1ccc(N=Nc2c(SOOO)cc3cc(Nc4nc(Cl)nc(N5CCOCC5)n4)ccc3c2O)cc1. The largest absolute Gasteiger partial charge is 0.505 e. The molecule has 5 aromatic rings. The number of carbonyl (C=O) groups is 1. The number of halogens is 1. The number of nitrogens with one attached hydrogen (secondary N) is 2. The molecule has 1 aliphatic rings. The second kappa shape index (κ2) is 17.8. The van der Waals surface area contributed by atoms with E-state index < -0.39 is 38.5 Å². The average Bonchev–Trinajstić information content (AvgIpc) is 3.16. The van der Waals surface area contributed by atoms with Crippen LogP contribution in [-0.2, 0) is 38.5 Å². The zero-order valence-corrected chi connectivity index (χ0v) is 31.7. The van der Waals surface area contributed by atoms with Gasteiger partial charge in [0.15, 0.2) is 15.6 Å². The van der Waals surface area contributed by atoms with Crippen LogP contribution in [0.1, 0.15) is 10.4 Å². The van der Waals surface area contributed by atoms with E-state index in [1.807, 2.05) is 4.90 Å². The molecule has 6 rings (SSSR count). The topological polar surface area (TPSA) is 274 Å². The molecule has 294 valence electrons. The highest BCUT2D eigenvalue weighted by Crippen LogP contribution is 2.44. The molecule has 4 aromatic carbocycles. The van der Waals surface area contributed by atoms with Crippen LogP contribution in [0.5, 0.6) is 5.75 Å². The zero-order valence-electron chi connectivity index (χ0n) is 28.5. The summed E-state index contributed by atoms with van der Waals surface area (Å²) in [5.74, 6) is -0.897. The number of hydrogen-bond acceptors (Lipinski definition) is 19. The van der Waals surface area contributed by atoms with Crippen LogP contribution in [0, 0.1) is 0 Å². The molecule has 0 saturated carbocycles. The third kappa shape index (κ3) is 10.6. The molecule has 56 heavy (non-hydrogen) atoms. The number of anilines is 4. The lowest BCUT2D eigenvalue weighted by atomic mass is 10.1. The van der Waals surface area contributed by atoms with Crippen molar-refractivity contribution >= 4 is 95.2 Å². The van der Waals surface area contributed by atoms with E-state index in [4.69, 9.17) is 26.1 Å². The lowest BCUT2D eigenvalue weighted by Gasteiger charge is -2.26. The predicted octanol–water partition coefficient (Wildman–Crippen LogP) is 5.65. The summed E-state index contributed by atoms with van der Waals surface area (Å²) in [4.78, 5) is 27.7. The number of nitrogens with zero attached hydrogens (tertiary/aromatic N) is 6. The Balaban J connectivity index is 1.14. The summed E-state index contributed by atoms with van der Waals surface area (Å²) in [6, 6.07) is 17.7. The van der Waals surface area contributed by atoms with Crippen LogP contribution >= 0.6 is 23.6 Å². The van der Waals surface area contributed by atoms with E-state index in [1.165, 1.54) is 48.5 Å². The molecule has 20 nitrogen and oxygen atoms in total. The number of hydrogen-bond donors (Lipinski definition) is 5. The average molecular weight is 849 g/mol. The summed E-state index contributed by atoms with van der Waals surface area (Å²) in [6.07, 6.45) is 0. The Labute approximate surface area is 327 Å². The highest BCUT2D eigenvalue weighted by atomic mass is 35.5. The third-order valence-electron chi connectivity index (χ3n) is 7.80. The van der Waals surface area contributed by atoms with Gasteiger partial charge in [-0.15, -0.1) is 9.45 Å². The molecule has 0 radical (unpaired) electrons. The lowest BCUT2D eigenvalue weighted by molar-refractivity contribution is -0.432. The van der Waals surface area contributed by atoms with E-state index in [9.17, 15) is 26.7 Å². The second-order valence-electron chi connectivity index (χ2n) is 11.5. The van der Waals surface area contributed by atoms with Gasteiger partial charge in [-0.1, -0.05) is 5.04 Å². The van der Waals surface area contributed by atoms with E-state index in [2.05, 4.69) is 49.4 Å². The van der Waals surface area contributed by atoms with Crippen molar-refractivity contribution in [2.24, 2.45) is 10.2 Å². The number of sulfone groups is 1. The van der Waals surface area contributed by atoms with Crippen LogP contribution in [0.2, 0.25) is 5.28 Å². The van der Waals surface area contributed by atoms with Gasteiger partial charge < -0.3 is 25.4 Å². The quantitative estimate of drug-likeness (QED) is 0.0280. The van der Waals surface area contributed by atoms with Gasteiger partial charge in [-0.2, -0.15) is 28.5 Å². The molecule has 1 aliphatic heterocycles. The Morgan fingerprint density at radius 3 is 2.36 bits per heavy atom. The Morgan fingerprint density at radius 1 is 0.946 bits per heavy atom. The number of ether oxygens (including phenoxy) is 1. The molecule has 0 bridgehead atoms. The van der Waals surface area contributed by atoms with E-state index in [0.717, 1.165) is 0 Å². The fraction of sp³-hybridized carbons (Fsp3) is 0.188. The summed E-state index contributed by atoms with van der Waals surface area (Å²) in [5.41, 5.74) is 1.33. The Bertz CT molecular complexity index is 2470. The first-order valence-electron chi connectivity index (χ1n) is 16.0. The number of benzene rings is 4. The van der Waals surface area contributed by atoms with E-state index in [0.29, 0.717) is 66.4 Å². The van der Waals surface area contributed by atoms with Crippen LogP contribution in [0.4, 0.5) is 34.6 Å². The van der Waals surface area contributed by atoms with Gasteiger partial charge in [-0.25, -0.2) is 17.9 Å². The number of carbonyl (C=O) groups excluding carboxylic acids is 1. The highest BCUT2D eigenvalue weighted by molar-refractivity contribution is 7.94. The number of phenols is 1. The van der Waals surface area contributed by atoms with E-state index in [-0.39, 0.29) is 43.7 Å². The van der Waals surface area contributed by atoms with E-state index >= 15 is 0 Å². The predicted molar refractivity (Wildman–Crippen MR) is 202 cm³/mol. The molecule has 2 heterocycles. The maximum Gasteiger partial charge on any atom is 0.397 e. The molecule has 0 atom stereocenters. The zero-order chi connectivity index (χ0) is 39.9. The summed E-state index contributed by atoms with van der Waals surface area (Å²) in [7, 11) is -8.72. The second-order valence-corrected chi connectivity index (χ2v) is 15.8. The Morgan fingerprint density at radius 2 is 1.66 bits per heavy atom. The van der Waals surface area contributed by atoms with Crippen molar-refractivity contribution in [2.75, 3.05) is 54.2 Å². The first-order valence-corrected chi connectivity index (χ1v) is 20.2. The van der Waals surface area contributed by atoms with Crippen molar-refractivity contribution in [1.82, 2.24) is 15.0 Å². The van der Waals surface area contributed by atoms with Gasteiger partial charge in [-0.05, 0) is 89.8 Å². The van der Waals surface area contributed by atoms with Crippen molar-refractivity contribution in [2.45, 2.75) is 9.79 Å². The summed E-state index contributed by atoms with van der Waals surface area (Å²) < 4.78 is 68.9. The van der Waals surface area contributed by atoms with Gasteiger partial charge in [0.05, 0.1) is 53.1 Å². The van der Waals surface area contributed by atoms with Crippen LogP contribution in [0.15, 0.2) is 92.8 Å². The number of azo groups is 1. The number of phenolic OH excluding ortho intramolecular Hbond substituents is 1. The minimum absolute atomic E-state index is 0.00255. The van der Waals surface area contributed by atoms with Gasteiger partial charge in [0.25, 0.3) is 5.91 Å². The summed E-state index contributed by atoms with van der Waals surface area (Å²) >= 11 is 6.74. The minimum atomic E-state index is -4.78. The number of morpholine rings is 1.